The van der Waals surface area contributed by atoms with E-state index in [9.17, 15) is 10.2 Å². The molecule has 3 N–H and O–H groups in total. The number of benzene rings is 4. The lowest BCUT2D eigenvalue weighted by Crippen LogP contribution is -2.77. The quantitative estimate of drug-likeness (QED) is 0.0544. The summed E-state index contributed by atoms with van der Waals surface area (Å²) < 4.78 is 13.0. The number of amidine groups is 2. The molecule has 0 aliphatic carbocycles. The largest absolute Gasteiger partial charge is 0.493 e. The molecule has 0 spiro atoms. The molecule has 7 atom stereocenters. The van der Waals surface area contributed by atoms with Crippen LogP contribution in [0.4, 0.5) is 4.79 Å². The number of carbonyl (C=O) groups is 3. The Morgan fingerprint density at radius 1 is 0.649 bits per heavy atom. The third-order valence-corrected chi connectivity index (χ3v) is 20.4. The maximum atomic E-state index is 17.4. The van der Waals surface area contributed by atoms with E-state index in [1.165, 1.54) is 5.01 Å². The summed E-state index contributed by atoms with van der Waals surface area (Å²) in [6, 6.07) is 32.7. The van der Waals surface area contributed by atoms with Gasteiger partial charge in [-0.05, 0) is 119 Å². The minimum atomic E-state index is -2.14. The second kappa shape index (κ2) is 27.1. The summed E-state index contributed by atoms with van der Waals surface area (Å²) in [7, 11) is 0. The molecule has 3 amide bonds. The van der Waals surface area contributed by atoms with E-state index in [0.717, 1.165) is 22.5 Å². The lowest BCUT2D eigenvalue weighted by Gasteiger charge is -2.56. The number of urea groups is 1. The molecule has 0 saturated carbocycles. The zero-order valence-corrected chi connectivity index (χ0v) is 59.0. The maximum absolute atomic E-state index is 17.4. The molecular formula is C72H87Cl4N11O7. The molecule has 0 bridgehead atoms. The molecule has 22 heteroatoms. The molecule has 2 fully saturated rings. The number of nitrogens with zero attached hydrogens (tertiary/aromatic N) is 10. The molecular weight excluding hydrogens is 1270 g/mol. The molecule has 2 aromatic heterocycles. The molecule has 2 saturated heterocycles. The van der Waals surface area contributed by atoms with Crippen molar-refractivity contribution in [3.63, 3.8) is 0 Å². The van der Waals surface area contributed by atoms with Gasteiger partial charge in [-0.25, -0.2) is 9.80 Å². The van der Waals surface area contributed by atoms with Gasteiger partial charge in [-0.3, -0.25) is 49.3 Å². The van der Waals surface area contributed by atoms with Gasteiger partial charge in [-0.1, -0.05) is 136 Å². The molecule has 4 aliphatic rings. The van der Waals surface area contributed by atoms with Gasteiger partial charge in [0.05, 0.1) is 43.6 Å². The number of hydrogen-bond acceptors (Lipinski definition) is 15. The molecule has 6 heterocycles. The number of aliphatic imine (C=N–C) groups is 2. The lowest BCUT2D eigenvalue weighted by molar-refractivity contribution is -0.187. The van der Waals surface area contributed by atoms with Gasteiger partial charge in [0.2, 0.25) is 5.66 Å². The molecule has 94 heavy (non-hydrogen) atoms. The van der Waals surface area contributed by atoms with Crippen LogP contribution in [0.1, 0.15) is 135 Å². The van der Waals surface area contributed by atoms with Crippen LogP contribution in [0.2, 0.25) is 20.1 Å². The summed E-state index contributed by atoms with van der Waals surface area (Å²) in [4.78, 5) is 77.9. The summed E-state index contributed by atoms with van der Waals surface area (Å²) in [6.45, 7) is 26.4. The van der Waals surface area contributed by atoms with Crippen molar-refractivity contribution >= 4 is 76.3 Å². The van der Waals surface area contributed by atoms with Crippen LogP contribution in [-0.2, 0) is 42.6 Å². The summed E-state index contributed by atoms with van der Waals surface area (Å²) in [6.07, 6.45) is 2.58. The van der Waals surface area contributed by atoms with E-state index >= 15 is 14.4 Å². The number of nitrogens with one attached hydrogen (secondary N) is 1. The highest BCUT2D eigenvalue weighted by atomic mass is 35.5. The van der Waals surface area contributed by atoms with Gasteiger partial charge < -0.3 is 29.9 Å². The third-order valence-electron chi connectivity index (χ3n) is 19.4. The first kappa shape index (κ1) is 70.1. The van der Waals surface area contributed by atoms with Crippen molar-refractivity contribution in [2.45, 2.75) is 141 Å². The van der Waals surface area contributed by atoms with Gasteiger partial charge in [-0.15, -0.1) is 0 Å². The lowest BCUT2D eigenvalue weighted by atomic mass is 9.71. The van der Waals surface area contributed by atoms with Crippen molar-refractivity contribution in [3.05, 3.63) is 186 Å². The van der Waals surface area contributed by atoms with Crippen LogP contribution >= 0.6 is 46.4 Å². The number of carbonyl (C=O) groups excluding carboxylic acids is 3. The molecule has 4 aliphatic heterocycles. The molecule has 18 nitrogen and oxygen atoms in total. The standard InChI is InChI=1S/C72H87Cl4N11O7/c1-14-93-58-38-60(66(4,5)6)78-40-56(58)62-80-68(10,47-16-24-51(73)25-17-47)70(12,49-20-28-53(75)29-21-49)86(62)65(92)82-34-36-83(37-35-82)72(45-89,84-33-32-77-46(3)42-84)64(91)85(43-55(90)44-88)87-63(57-41-79-61(67(7,8)9)39-59(57)94-15-2)81-69(11,48-18-26-52(74)27-19-48)71(87,13)50-22-30-54(76)31-23-50/h16-31,38-41,45-46,55,77,88,90H,14-15,32-37,42-44H2,1-13H3/t46-,55?,68+,69-,70-,71-,72?/m1/s1. The highest BCUT2D eigenvalue weighted by Crippen LogP contribution is 2.57. The number of hydrogen-bond donors (Lipinski definition) is 3. The first-order valence-corrected chi connectivity index (χ1v) is 33.7. The average molecular weight is 1360 g/mol. The Morgan fingerprint density at radius 3 is 1.50 bits per heavy atom. The Morgan fingerprint density at radius 2 is 1.07 bits per heavy atom. The normalized spacial score (nSPS) is 23.9. The fraction of sp³-hybridized carbons (Fsp3) is 0.458. The number of aliphatic hydroxyl groups is 2. The van der Waals surface area contributed by atoms with E-state index < -0.39 is 64.4 Å². The van der Waals surface area contributed by atoms with Crippen molar-refractivity contribution in [2.75, 3.05) is 72.2 Å². The fourth-order valence-corrected chi connectivity index (χ4v) is 14.3. The predicted octanol–water partition coefficient (Wildman–Crippen LogP) is 12.0. The first-order chi connectivity index (χ1) is 44.4. The highest BCUT2D eigenvalue weighted by molar-refractivity contribution is 6.31. The number of hydrazine groups is 1. The van der Waals surface area contributed by atoms with Gasteiger partial charge in [0.15, 0.2) is 12.1 Å². The number of aromatic nitrogens is 2. The van der Waals surface area contributed by atoms with Crippen LogP contribution in [0, 0.1) is 0 Å². The first-order valence-electron chi connectivity index (χ1n) is 32.2. The number of ether oxygens (including phenoxy) is 2. The van der Waals surface area contributed by atoms with Crippen LogP contribution in [-0.4, -0.2) is 170 Å². The van der Waals surface area contributed by atoms with E-state index in [4.69, 9.17) is 75.8 Å². The van der Waals surface area contributed by atoms with Gasteiger partial charge in [-0.2, -0.15) is 0 Å². The van der Waals surface area contributed by atoms with Crippen LogP contribution in [0.3, 0.4) is 0 Å². The van der Waals surface area contributed by atoms with Crippen molar-refractivity contribution in [2.24, 2.45) is 9.98 Å². The average Bonchev–Trinajstić information content (AvgIpc) is 1.52. The second-order valence-electron chi connectivity index (χ2n) is 27.5. The maximum Gasteiger partial charge on any atom is 0.326 e. The predicted molar refractivity (Wildman–Crippen MR) is 371 cm³/mol. The van der Waals surface area contributed by atoms with E-state index in [1.807, 2.05) is 131 Å². The Labute approximate surface area is 572 Å². The van der Waals surface area contributed by atoms with Gasteiger partial charge in [0.1, 0.15) is 39.5 Å². The minimum Gasteiger partial charge on any atom is -0.493 e. The zero-order valence-electron chi connectivity index (χ0n) is 56.0. The van der Waals surface area contributed by atoms with Crippen LogP contribution < -0.4 is 14.8 Å². The molecule has 2 unspecified atom stereocenters. The van der Waals surface area contributed by atoms with Crippen molar-refractivity contribution in [3.8, 4) is 11.5 Å². The van der Waals surface area contributed by atoms with Crippen molar-refractivity contribution in [1.82, 2.24) is 44.9 Å². The van der Waals surface area contributed by atoms with Gasteiger partial charge in [0, 0.05) is 119 Å². The van der Waals surface area contributed by atoms with Crippen LogP contribution in [0.15, 0.2) is 132 Å². The molecule has 10 rings (SSSR count). The second-order valence-corrected chi connectivity index (χ2v) is 29.2. The van der Waals surface area contributed by atoms with E-state index in [0.29, 0.717) is 79.1 Å². The number of piperazine rings is 2. The van der Waals surface area contributed by atoms with Gasteiger partial charge in [0.25, 0.3) is 5.91 Å². The van der Waals surface area contributed by atoms with Gasteiger partial charge >= 0.3 is 6.03 Å². The minimum absolute atomic E-state index is 0.00788. The fourth-order valence-electron chi connectivity index (χ4n) is 13.8. The topological polar surface area (TPSA) is 192 Å². The monoisotopic (exact) mass is 1360 g/mol. The number of aliphatic hydroxyl groups excluding tert-OH is 2. The Bertz CT molecular complexity index is 3820. The molecule has 6 aromatic rings. The number of aldehydes is 1. The van der Waals surface area contributed by atoms with E-state index in [1.54, 1.807) is 63.6 Å². The summed E-state index contributed by atoms with van der Waals surface area (Å²) >= 11 is 26.6. The number of amides is 3. The number of pyridine rings is 2. The number of rotatable bonds is 18. The zero-order chi connectivity index (χ0) is 68.1. The molecule has 4 aromatic carbocycles. The summed E-state index contributed by atoms with van der Waals surface area (Å²) in [5.74, 6) is 0.723. The van der Waals surface area contributed by atoms with Crippen LogP contribution in [0.5, 0.6) is 11.5 Å². The summed E-state index contributed by atoms with van der Waals surface area (Å²) in [5, 5.41) is 31.7. The molecule has 500 valence electrons. The highest BCUT2D eigenvalue weighted by Gasteiger charge is 2.65. The Kier molecular flexibility index (Phi) is 20.2. The third kappa shape index (κ3) is 12.5. The van der Waals surface area contributed by atoms with Crippen molar-refractivity contribution < 1.29 is 34.1 Å². The summed E-state index contributed by atoms with van der Waals surface area (Å²) in [5.41, 5.74) is -2.86. The molecule has 0 radical (unpaired) electrons. The van der Waals surface area contributed by atoms with Crippen LogP contribution in [0.25, 0.3) is 0 Å². The van der Waals surface area contributed by atoms with E-state index in [2.05, 4.69) is 46.9 Å². The number of halogens is 4. The Hall–Kier alpha value is -6.71. The Balaban J connectivity index is 1.14. The van der Waals surface area contributed by atoms with E-state index in [-0.39, 0.29) is 63.2 Å². The SMILES string of the molecule is CCOc1cc(C(C)(C)C)ncc1C1=N[C@@](C)(c2ccc(Cl)cc2)[C@@](C)(c2ccc(Cl)cc2)N1C(=O)N1CCN(C(C=O)(C(=O)N(CC(O)CO)N2C(c3cnc(C(C)(C)C)cc3OCC)=N[C@](C)(c3ccc(Cl)cc3)[C@@]2(C)c2ccc(Cl)cc2)N2CCN[C@H](C)C2)CC1. The smallest absolute Gasteiger partial charge is 0.326 e. The van der Waals surface area contributed by atoms with Crippen molar-refractivity contribution in [1.29, 1.82) is 0 Å².